The highest BCUT2D eigenvalue weighted by atomic mass is 32.2. The SMILES string of the molecule is Cc1cc(C)cc(N(CC(=O)N2CC[NH+](C)CC2)S(=O)(=O)c2ccccc2)c1. The van der Waals surface area contributed by atoms with E-state index < -0.39 is 10.0 Å². The number of quaternary nitrogens is 1. The largest absolute Gasteiger partial charge is 0.334 e. The van der Waals surface area contributed by atoms with Crippen molar-refractivity contribution < 1.29 is 18.1 Å². The van der Waals surface area contributed by atoms with Crippen molar-refractivity contribution in [1.29, 1.82) is 0 Å². The van der Waals surface area contributed by atoms with E-state index in [1.807, 2.05) is 32.0 Å². The Morgan fingerprint density at radius 2 is 1.61 bits per heavy atom. The second-order valence-corrected chi connectivity index (χ2v) is 9.37. The van der Waals surface area contributed by atoms with E-state index in [2.05, 4.69) is 7.05 Å². The van der Waals surface area contributed by atoms with Crippen LogP contribution in [0.2, 0.25) is 0 Å². The van der Waals surface area contributed by atoms with E-state index in [9.17, 15) is 13.2 Å². The first-order chi connectivity index (χ1) is 13.3. The first-order valence-corrected chi connectivity index (χ1v) is 11.0. The van der Waals surface area contributed by atoms with Gasteiger partial charge in [0.05, 0.1) is 43.8 Å². The number of carbonyl (C=O) groups excluding carboxylic acids is 1. The fourth-order valence-corrected chi connectivity index (χ4v) is 4.91. The van der Waals surface area contributed by atoms with Crippen LogP contribution in [-0.4, -0.2) is 59.0 Å². The highest BCUT2D eigenvalue weighted by Gasteiger charge is 2.30. The average Bonchev–Trinajstić information content (AvgIpc) is 2.66. The monoisotopic (exact) mass is 402 g/mol. The van der Waals surface area contributed by atoms with Crippen LogP contribution in [0, 0.1) is 13.8 Å². The number of aryl methyl sites for hydroxylation is 2. The number of piperazine rings is 1. The Morgan fingerprint density at radius 1 is 1.04 bits per heavy atom. The summed E-state index contributed by atoms with van der Waals surface area (Å²) in [6.45, 7) is 6.71. The van der Waals surface area contributed by atoms with Crippen LogP contribution in [0.4, 0.5) is 5.69 Å². The third-order valence-electron chi connectivity index (χ3n) is 5.07. The van der Waals surface area contributed by atoms with Crippen LogP contribution in [0.15, 0.2) is 53.4 Å². The Balaban J connectivity index is 1.96. The molecule has 0 bridgehead atoms. The van der Waals surface area contributed by atoms with Crippen molar-refractivity contribution in [1.82, 2.24) is 4.90 Å². The number of likely N-dealkylation sites (N-methyl/N-ethyl adjacent to an activating group) is 1. The van der Waals surface area contributed by atoms with Gasteiger partial charge in [-0.25, -0.2) is 8.42 Å². The lowest BCUT2D eigenvalue weighted by atomic mass is 10.1. The maximum absolute atomic E-state index is 13.4. The summed E-state index contributed by atoms with van der Waals surface area (Å²) in [4.78, 5) is 16.3. The Bertz CT molecular complexity index is 916. The molecule has 1 aliphatic rings. The molecule has 0 saturated carbocycles. The quantitative estimate of drug-likeness (QED) is 0.807. The second kappa shape index (κ2) is 8.32. The number of benzene rings is 2. The highest BCUT2D eigenvalue weighted by Crippen LogP contribution is 2.26. The molecule has 1 heterocycles. The summed E-state index contributed by atoms with van der Waals surface area (Å²) in [5.41, 5.74) is 2.44. The minimum Gasteiger partial charge on any atom is -0.334 e. The molecule has 1 aliphatic heterocycles. The Morgan fingerprint density at radius 3 is 2.18 bits per heavy atom. The Hall–Kier alpha value is -2.38. The summed E-state index contributed by atoms with van der Waals surface area (Å²) in [6.07, 6.45) is 0. The number of hydrogen-bond donors (Lipinski definition) is 1. The molecule has 1 saturated heterocycles. The average molecular weight is 403 g/mol. The molecule has 28 heavy (non-hydrogen) atoms. The molecule has 0 radical (unpaired) electrons. The van der Waals surface area contributed by atoms with Crippen molar-refractivity contribution >= 4 is 21.6 Å². The third kappa shape index (κ3) is 4.54. The van der Waals surface area contributed by atoms with E-state index in [1.165, 1.54) is 9.21 Å². The minimum absolute atomic E-state index is 0.161. The molecule has 0 unspecified atom stereocenters. The van der Waals surface area contributed by atoms with Crippen LogP contribution >= 0.6 is 0 Å². The van der Waals surface area contributed by atoms with Gasteiger partial charge in [0.2, 0.25) is 5.91 Å². The van der Waals surface area contributed by atoms with Crippen LogP contribution in [0.3, 0.4) is 0 Å². The van der Waals surface area contributed by atoms with Gasteiger partial charge in [-0.1, -0.05) is 24.3 Å². The maximum Gasteiger partial charge on any atom is 0.264 e. The molecule has 6 nitrogen and oxygen atoms in total. The predicted octanol–water partition coefficient (Wildman–Crippen LogP) is 0.856. The smallest absolute Gasteiger partial charge is 0.264 e. The fourth-order valence-electron chi connectivity index (χ4n) is 3.49. The number of hydrogen-bond acceptors (Lipinski definition) is 3. The van der Waals surface area contributed by atoms with Crippen LogP contribution in [0.25, 0.3) is 0 Å². The van der Waals surface area contributed by atoms with Crippen LogP contribution in [-0.2, 0) is 14.8 Å². The maximum atomic E-state index is 13.4. The molecule has 1 fully saturated rings. The molecule has 0 aliphatic carbocycles. The highest BCUT2D eigenvalue weighted by molar-refractivity contribution is 7.92. The van der Waals surface area contributed by atoms with E-state index in [-0.39, 0.29) is 17.3 Å². The number of nitrogens with zero attached hydrogens (tertiary/aromatic N) is 2. The van der Waals surface area contributed by atoms with Crippen molar-refractivity contribution in [3.8, 4) is 0 Å². The third-order valence-corrected chi connectivity index (χ3v) is 6.86. The van der Waals surface area contributed by atoms with Crippen LogP contribution < -0.4 is 9.21 Å². The van der Waals surface area contributed by atoms with Crippen molar-refractivity contribution in [3.63, 3.8) is 0 Å². The standard InChI is InChI=1S/C21H27N3O3S/c1-17-13-18(2)15-19(14-17)24(28(26,27)20-7-5-4-6-8-20)16-21(25)23-11-9-22(3)10-12-23/h4-8,13-15H,9-12,16H2,1-3H3/p+1. The van der Waals surface area contributed by atoms with Crippen molar-refractivity contribution in [2.75, 3.05) is 44.1 Å². The number of carbonyl (C=O) groups is 1. The van der Waals surface area contributed by atoms with Gasteiger partial charge in [-0.05, 0) is 49.2 Å². The van der Waals surface area contributed by atoms with Crippen molar-refractivity contribution in [3.05, 3.63) is 59.7 Å². The van der Waals surface area contributed by atoms with Gasteiger partial charge in [-0.3, -0.25) is 9.10 Å². The number of amides is 1. The molecule has 7 heteroatoms. The summed E-state index contributed by atoms with van der Waals surface area (Å²) in [6, 6.07) is 13.9. The zero-order valence-electron chi connectivity index (χ0n) is 16.7. The van der Waals surface area contributed by atoms with E-state index >= 15 is 0 Å². The molecule has 2 aromatic carbocycles. The van der Waals surface area contributed by atoms with Crippen LogP contribution in [0.5, 0.6) is 0 Å². The first kappa shape index (κ1) is 20.4. The van der Waals surface area contributed by atoms with E-state index in [0.29, 0.717) is 18.8 Å². The van der Waals surface area contributed by atoms with E-state index in [0.717, 1.165) is 24.2 Å². The van der Waals surface area contributed by atoms with Gasteiger partial charge in [0.1, 0.15) is 6.54 Å². The number of nitrogens with one attached hydrogen (secondary N) is 1. The van der Waals surface area contributed by atoms with Gasteiger partial charge < -0.3 is 9.80 Å². The molecule has 0 spiro atoms. The number of anilines is 1. The lowest BCUT2D eigenvalue weighted by molar-refractivity contribution is -0.883. The molecule has 2 aromatic rings. The van der Waals surface area contributed by atoms with Gasteiger partial charge in [0, 0.05) is 0 Å². The van der Waals surface area contributed by atoms with E-state index in [1.54, 1.807) is 35.2 Å². The van der Waals surface area contributed by atoms with Crippen molar-refractivity contribution in [2.45, 2.75) is 18.7 Å². The van der Waals surface area contributed by atoms with Gasteiger partial charge in [0.25, 0.3) is 10.0 Å². The summed E-state index contributed by atoms with van der Waals surface area (Å²) in [5.74, 6) is -0.161. The molecular weight excluding hydrogens is 374 g/mol. The van der Waals surface area contributed by atoms with Gasteiger partial charge in [-0.15, -0.1) is 0 Å². The zero-order chi connectivity index (χ0) is 20.3. The molecule has 3 rings (SSSR count). The molecule has 0 atom stereocenters. The lowest BCUT2D eigenvalue weighted by Crippen LogP contribution is -3.12. The van der Waals surface area contributed by atoms with Crippen molar-refractivity contribution in [2.24, 2.45) is 0 Å². The molecule has 1 N–H and O–H groups in total. The number of sulfonamides is 1. The Labute approximate surface area is 167 Å². The molecule has 0 aromatic heterocycles. The first-order valence-electron chi connectivity index (χ1n) is 9.52. The Kier molecular flexibility index (Phi) is 6.05. The lowest BCUT2D eigenvalue weighted by Gasteiger charge is -2.32. The van der Waals surface area contributed by atoms with Crippen LogP contribution in [0.1, 0.15) is 11.1 Å². The molecular formula is C21H28N3O3S+. The zero-order valence-corrected chi connectivity index (χ0v) is 17.5. The number of rotatable bonds is 5. The van der Waals surface area contributed by atoms with Gasteiger partial charge >= 0.3 is 0 Å². The normalized spacial score (nSPS) is 15.5. The van der Waals surface area contributed by atoms with Gasteiger partial charge in [0.15, 0.2) is 0 Å². The molecule has 150 valence electrons. The summed E-state index contributed by atoms with van der Waals surface area (Å²) < 4.78 is 28.0. The molecule has 1 amide bonds. The summed E-state index contributed by atoms with van der Waals surface area (Å²) in [5, 5.41) is 0. The topological polar surface area (TPSA) is 62.1 Å². The van der Waals surface area contributed by atoms with E-state index in [4.69, 9.17) is 0 Å². The summed E-state index contributed by atoms with van der Waals surface area (Å²) >= 11 is 0. The second-order valence-electron chi connectivity index (χ2n) is 7.51. The van der Waals surface area contributed by atoms with Gasteiger partial charge in [-0.2, -0.15) is 0 Å². The minimum atomic E-state index is -3.85. The predicted molar refractivity (Wildman–Crippen MR) is 110 cm³/mol. The fraction of sp³-hybridized carbons (Fsp3) is 0.381. The summed E-state index contributed by atoms with van der Waals surface area (Å²) in [7, 11) is -1.75.